The Morgan fingerprint density at radius 3 is 2.50 bits per heavy atom. The van der Waals surface area contributed by atoms with Crippen LogP contribution in [0.2, 0.25) is 5.02 Å². The SMILES string of the molecule is COc1ccc(N(Cc2nnc(C(C)C)n2C)C(=O)Nc2ccc(F)c(Cl)c2)cc1. The average molecular weight is 432 g/mol. The Labute approximate surface area is 179 Å². The zero-order chi connectivity index (χ0) is 21.8. The van der Waals surface area contributed by atoms with Gasteiger partial charge in [-0.3, -0.25) is 4.90 Å². The molecule has 1 aromatic heterocycles. The number of hydrogen-bond donors (Lipinski definition) is 1. The number of hydrogen-bond acceptors (Lipinski definition) is 4. The number of urea groups is 1. The van der Waals surface area contributed by atoms with Gasteiger partial charge in [-0.15, -0.1) is 10.2 Å². The molecule has 30 heavy (non-hydrogen) atoms. The lowest BCUT2D eigenvalue weighted by Crippen LogP contribution is -2.35. The van der Waals surface area contributed by atoms with Gasteiger partial charge in [-0.2, -0.15) is 0 Å². The summed E-state index contributed by atoms with van der Waals surface area (Å²) in [6.07, 6.45) is 0. The van der Waals surface area contributed by atoms with Gasteiger partial charge in [0.1, 0.15) is 17.4 Å². The predicted molar refractivity (Wildman–Crippen MR) is 115 cm³/mol. The van der Waals surface area contributed by atoms with Crippen LogP contribution in [0.3, 0.4) is 0 Å². The van der Waals surface area contributed by atoms with E-state index >= 15 is 0 Å². The van der Waals surface area contributed by atoms with E-state index in [1.54, 1.807) is 31.4 Å². The molecule has 0 atom stereocenters. The van der Waals surface area contributed by atoms with Crippen LogP contribution in [0.15, 0.2) is 42.5 Å². The van der Waals surface area contributed by atoms with Gasteiger partial charge in [0.2, 0.25) is 0 Å². The molecule has 9 heteroatoms. The van der Waals surface area contributed by atoms with Crippen molar-refractivity contribution in [2.45, 2.75) is 26.3 Å². The largest absolute Gasteiger partial charge is 0.497 e. The summed E-state index contributed by atoms with van der Waals surface area (Å²) in [6, 6.07) is 10.7. The van der Waals surface area contributed by atoms with Crippen LogP contribution in [0, 0.1) is 5.82 Å². The van der Waals surface area contributed by atoms with Crippen molar-refractivity contribution in [3.63, 3.8) is 0 Å². The van der Waals surface area contributed by atoms with E-state index in [9.17, 15) is 9.18 Å². The van der Waals surface area contributed by atoms with Crippen molar-refractivity contribution in [2.75, 3.05) is 17.3 Å². The average Bonchev–Trinajstić information content (AvgIpc) is 3.09. The minimum atomic E-state index is -0.554. The van der Waals surface area contributed by atoms with Crippen molar-refractivity contribution in [3.05, 3.63) is 65.0 Å². The van der Waals surface area contributed by atoms with E-state index in [2.05, 4.69) is 15.5 Å². The number of carbonyl (C=O) groups is 1. The van der Waals surface area contributed by atoms with Crippen LogP contribution in [0.1, 0.15) is 31.4 Å². The number of aromatic nitrogens is 3. The summed E-state index contributed by atoms with van der Waals surface area (Å²) in [5.74, 6) is 1.76. The fourth-order valence-electron chi connectivity index (χ4n) is 2.96. The quantitative estimate of drug-likeness (QED) is 0.597. The number of rotatable bonds is 6. The summed E-state index contributed by atoms with van der Waals surface area (Å²) in [5.41, 5.74) is 1.02. The first kappa shape index (κ1) is 21.6. The van der Waals surface area contributed by atoms with Crippen LogP contribution < -0.4 is 15.0 Å². The van der Waals surface area contributed by atoms with Crippen LogP contribution in [0.25, 0.3) is 0 Å². The van der Waals surface area contributed by atoms with E-state index in [1.807, 2.05) is 25.5 Å². The monoisotopic (exact) mass is 431 g/mol. The Hall–Kier alpha value is -3.13. The Balaban J connectivity index is 1.91. The van der Waals surface area contributed by atoms with Gasteiger partial charge in [0, 0.05) is 24.3 Å². The van der Waals surface area contributed by atoms with Gasteiger partial charge in [0.15, 0.2) is 5.82 Å². The molecule has 2 amide bonds. The summed E-state index contributed by atoms with van der Waals surface area (Å²) in [6.45, 7) is 4.24. The molecule has 0 radical (unpaired) electrons. The maximum Gasteiger partial charge on any atom is 0.326 e. The number of carbonyl (C=O) groups excluding carboxylic acids is 1. The highest BCUT2D eigenvalue weighted by Gasteiger charge is 2.21. The fourth-order valence-corrected chi connectivity index (χ4v) is 3.15. The molecule has 0 aliphatic rings. The van der Waals surface area contributed by atoms with Crippen molar-refractivity contribution in [2.24, 2.45) is 7.05 Å². The smallest absolute Gasteiger partial charge is 0.326 e. The van der Waals surface area contributed by atoms with Gasteiger partial charge in [0.25, 0.3) is 0 Å². The molecule has 3 aromatic rings. The number of methoxy groups -OCH3 is 1. The zero-order valence-corrected chi connectivity index (χ0v) is 17.9. The second kappa shape index (κ2) is 9.13. The van der Waals surface area contributed by atoms with E-state index in [0.717, 1.165) is 5.82 Å². The Morgan fingerprint density at radius 1 is 1.23 bits per heavy atom. The number of ether oxygens (including phenoxy) is 1. The number of halogens is 2. The Bertz CT molecular complexity index is 1040. The normalized spacial score (nSPS) is 10.9. The van der Waals surface area contributed by atoms with E-state index in [4.69, 9.17) is 16.3 Å². The molecular formula is C21H23ClFN5O2. The van der Waals surface area contributed by atoms with Crippen LogP contribution in [0.4, 0.5) is 20.6 Å². The van der Waals surface area contributed by atoms with Gasteiger partial charge >= 0.3 is 6.03 Å². The number of benzene rings is 2. The van der Waals surface area contributed by atoms with Crippen molar-refractivity contribution in [1.82, 2.24) is 14.8 Å². The minimum absolute atomic E-state index is 0.0707. The molecule has 0 fully saturated rings. The summed E-state index contributed by atoms with van der Waals surface area (Å²) < 4.78 is 20.5. The summed E-state index contributed by atoms with van der Waals surface area (Å²) >= 11 is 5.83. The maximum atomic E-state index is 13.4. The standard InChI is InChI=1S/C21H23ClFN5O2/c1-13(2)20-26-25-19(27(20)3)12-28(15-6-8-16(30-4)9-7-15)21(29)24-14-5-10-18(23)17(22)11-14/h5-11,13H,12H2,1-4H3,(H,24,29). The molecule has 2 aromatic carbocycles. The highest BCUT2D eigenvalue weighted by Crippen LogP contribution is 2.24. The van der Waals surface area contributed by atoms with Crippen molar-refractivity contribution < 1.29 is 13.9 Å². The molecular weight excluding hydrogens is 409 g/mol. The van der Waals surface area contributed by atoms with Gasteiger partial charge in [0.05, 0.1) is 18.7 Å². The van der Waals surface area contributed by atoms with Crippen molar-refractivity contribution >= 4 is 29.0 Å². The maximum absolute atomic E-state index is 13.4. The first-order chi connectivity index (χ1) is 14.3. The highest BCUT2D eigenvalue weighted by atomic mass is 35.5. The van der Waals surface area contributed by atoms with Crippen molar-refractivity contribution in [1.29, 1.82) is 0 Å². The Kier molecular flexibility index (Phi) is 6.56. The van der Waals surface area contributed by atoms with Gasteiger partial charge < -0.3 is 14.6 Å². The number of anilines is 2. The lowest BCUT2D eigenvalue weighted by atomic mass is 10.2. The molecule has 158 valence electrons. The first-order valence-corrected chi connectivity index (χ1v) is 9.73. The second-order valence-electron chi connectivity index (χ2n) is 7.03. The summed E-state index contributed by atoms with van der Waals surface area (Å²) in [4.78, 5) is 14.6. The van der Waals surface area contributed by atoms with Gasteiger partial charge in [-0.1, -0.05) is 25.4 Å². The fraction of sp³-hybridized carbons (Fsp3) is 0.286. The molecule has 0 aliphatic heterocycles. The lowest BCUT2D eigenvalue weighted by Gasteiger charge is -2.23. The van der Waals surface area contributed by atoms with E-state index in [0.29, 0.717) is 22.9 Å². The third-order valence-corrected chi connectivity index (χ3v) is 4.90. The van der Waals surface area contributed by atoms with Gasteiger partial charge in [-0.05, 0) is 42.5 Å². The topological polar surface area (TPSA) is 72.3 Å². The van der Waals surface area contributed by atoms with Crippen molar-refractivity contribution in [3.8, 4) is 5.75 Å². The molecule has 7 nitrogen and oxygen atoms in total. The van der Waals surface area contributed by atoms with Crippen LogP contribution in [0.5, 0.6) is 5.75 Å². The third kappa shape index (κ3) is 4.71. The second-order valence-corrected chi connectivity index (χ2v) is 7.44. The molecule has 1 N–H and O–H groups in total. The zero-order valence-electron chi connectivity index (χ0n) is 17.2. The predicted octanol–water partition coefficient (Wildman–Crippen LogP) is 4.98. The summed E-state index contributed by atoms with van der Waals surface area (Å²) in [5, 5.41) is 11.2. The molecule has 0 spiro atoms. The number of nitrogens with one attached hydrogen (secondary N) is 1. The molecule has 3 rings (SSSR count). The number of nitrogens with zero attached hydrogens (tertiary/aromatic N) is 4. The molecule has 0 saturated heterocycles. The van der Waals surface area contributed by atoms with E-state index in [-0.39, 0.29) is 17.5 Å². The minimum Gasteiger partial charge on any atom is -0.497 e. The molecule has 0 aliphatic carbocycles. The molecule has 0 bridgehead atoms. The third-order valence-electron chi connectivity index (χ3n) is 4.61. The first-order valence-electron chi connectivity index (χ1n) is 9.36. The highest BCUT2D eigenvalue weighted by molar-refractivity contribution is 6.31. The summed E-state index contributed by atoms with van der Waals surface area (Å²) in [7, 11) is 3.44. The van der Waals surface area contributed by atoms with E-state index in [1.165, 1.54) is 23.1 Å². The van der Waals surface area contributed by atoms with Gasteiger partial charge in [-0.25, -0.2) is 9.18 Å². The molecule has 0 saturated carbocycles. The van der Waals surface area contributed by atoms with Crippen LogP contribution in [-0.4, -0.2) is 27.9 Å². The van der Waals surface area contributed by atoms with Crippen LogP contribution in [-0.2, 0) is 13.6 Å². The Morgan fingerprint density at radius 2 is 1.93 bits per heavy atom. The van der Waals surface area contributed by atoms with E-state index < -0.39 is 11.8 Å². The van der Waals surface area contributed by atoms with Crippen LogP contribution >= 0.6 is 11.6 Å². The molecule has 0 unspecified atom stereocenters. The lowest BCUT2D eigenvalue weighted by molar-refractivity contribution is 0.256. The molecule has 1 heterocycles. The number of amides is 2.